The van der Waals surface area contributed by atoms with Crippen molar-refractivity contribution in [2.75, 3.05) is 22.4 Å². The first-order valence-corrected chi connectivity index (χ1v) is 10.4. The van der Waals surface area contributed by atoms with Crippen LogP contribution in [0.2, 0.25) is 0 Å². The molecule has 0 aliphatic heterocycles. The number of rotatable bonds is 7. The van der Waals surface area contributed by atoms with Crippen molar-refractivity contribution in [2.24, 2.45) is 0 Å². The largest absolute Gasteiger partial charge is 0.326 e. The molecule has 140 valence electrons. The highest BCUT2D eigenvalue weighted by Gasteiger charge is 2.18. The molecule has 26 heavy (non-hydrogen) atoms. The molecule has 6 heteroatoms. The molecule has 0 fully saturated rings. The number of hydrogen-bond donors (Lipinski definition) is 1. The Balaban J connectivity index is 2.02. The number of carbonyl (C=O) groups excluding carboxylic acids is 1. The van der Waals surface area contributed by atoms with Crippen molar-refractivity contribution in [1.82, 2.24) is 0 Å². The second-order valence-corrected chi connectivity index (χ2v) is 8.55. The summed E-state index contributed by atoms with van der Waals surface area (Å²) in [6, 6.07) is 13.3. The molecule has 2 aromatic carbocycles. The molecular formula is C20H26N2O3S. The average molecular weight is 375 g/mol. The standard InChI is InChI=1S/C20H26N2O3S/c1-15-12-16(2)14-18(13-15)22(26(4,24)25)11-7-10-20(23)21-19-9-6-5-8-17(19)3/h5-6,8-9,12-14H,7,10-11H2,1-4H3,(H,21,23). The summed E-state index contributed by atoms with van der Waals surface area (Å²) in [6.07, 6.45) is 1.89. The number of amides is 1. The van der Waals surface area contributed by atoms with Crippen molar-refractivity contribution in [1.29, 1.82) is 0 Å². The van der Waals surface area contributed by atoms with Gasteiger partial charge in [-0.05, 0) is 62.1 Å². The van der Waals surface area contributed by atoms with Crippen molar-refractivity contribution in [3.05, 3.63) is 59.2 Å². The first-order chi connectivity index (χ1) is 12.2. The summed E-state index contributed by atoms with van der Waals surface area (Å²) in [4.78, 5) is 12.2. The number of nitrogens with zero attached hydrogens (tertiary/aromatic N) is 1. The normalized spacial score (nSPS) is 11.2. The van der Waals surface area contributed by atoms with Crippen molar-refractivity contribution in [3.8, 4) is 0 Å². The minimum Gasteiger partial charge on any atom is -0.326 e. The summed E-state index contributed by atoms with van der Waals surface area (Å²) in [5, 5.41) is 2.87. The minimum atomic E-state index is -3.41. The second kappa shape index (κ2) is 8.36. The molecule has 2 rings (SSSR count). The van der Waals surface area contributed by atoms with E-state index in [4.69, 9.17) is 0 Å². The number of benzene rings is 2. The van der Waals surface area contributed by atoms with E-state index in [1.807, 2.05) is 63.2 Å². The van der Waals surface area contributed by atoms with Gasteiger partial charge in [0.25, 0.3) is 0 Å². The first kappa shape index (κ1) is 20.0. The molecule has 0 spiro atoms. The average Bonchev–Trinajstić information content (AvgIpc) is 2.51. The van der Waals surface area contributed by atoms with Gasteiger partial charge < -0.3 is 5.32 Å². The Hall–Kier alpha value is -2.34. The first-order valence-electron chi connectivity index (χ1n) is 8.58. The van der Waals surface area contributed by atoms with Gasteiger partial charge in [-0.3, -0.25) is 9.10 Å². The molecule has 1 N–H and O–H groups in total. The van der Waals surface area contributed by atoms with Crippen LogP contribution in [0.3, 0.4) is 0 Å². The van der Waals surface area contributed by atoms with Crippen molar-refractivity contribution in [3.63, 3.8) is 0 Å². The molecule has 0 bridgehead atoms. The SMILES string of the molecule is Cc1cc(C)cc(N(CCCC(=O)Nc2ccccc2C)S(C)(=O)=O)c1. The van der Waals surface area contributed by atoms with Crippen LogP contribution in [0.25, 0.3) is 0 Å². The number of nitrogens with one attached hydrogen (secondary N) is 1. The van der Waals surface area contributed by atoms with Crippen LogP contribution >= 0.6 is 0 Å². The maximum atomic E-state index is 12.2. The lowest BCUT2D eigenvalue weighted by Gasteiger charge is -2.23. The van der Waals surface area contributed by atoms with E-state index in [-0.39, 0.29) is 18.9 Å². The van der Waals surface area contributed by atoms with Gasteiger partial charge in [-0.25, -0.2) is 8.42 Å². The lowest BCUT2D eigenvalue weighted by Crippen LogP contribution is -2.31. The van der Waals surface area contributed by atoms with E-state index in [0.29, 0.717) is 12.1 Å². The number of anilines is 2. The van der Waals surface area contributed by atoms with Crippen LogP contribution in [-0.4, -0.2) is 27.1 Å². The Kier molecular flexibility index (Phi) is 6.42. The van der Waals surface area contributed by atoms with E-state index < -0.39 is 10.0 Å². The van der Waals surface area contributed by atoms with E-state index in [1.165, 1.54) is 10.6 Å². The fourth-order valence-electron chi connectivity index (χ4n) is 2.89. The Labute approximate surface area is 156 Å². The van der Waals surface area contributed by atoms with Crippen LogP contribution in [0.15, 0.2) is 42.5 Å². The Bertz CT molecular complexity index is 871. The lowest BCUT2D eigenvalue weighted by molar-refractivity contribution is -0.116. The molecule has 5 nitrogen and oxygen atoms in total. The van der Waals surface area contributed by atoms with E-state index in [1.54, 1.807) is 0 Å². The summed E-state index contributed by atoms with van der Waals surface area (Å²) in [5.41, 5.74) is 4.43. The van der Waals surface area contributed by atoms with Crippen molar-refractivity contribution >= 4 is 27.3 Å². The molecule has 0 aliphatic carbocycles. The van der Waals surface area contributed by atoms with Crippen molar-refractivity contribution < 1.29 is 13.2 Å². The molecule has 1 amide bonds. The van der Waals surface area contributed by atoms with Crippen LogP contribution in [0.1, 0.15) is 29.5 Å². The molecule has 2 aromatic rings. The summed E-state index contributed by atoms with van der Waals surface area (Å²) in [7, 11) is -3.41. The monoisotopic (exact) mass is 374 g/mol. The fourth-order valence-corrected chi connectivity index (χ4v) is 3.84. The Morgan fingerprint density at radius 3 is 2.23 bits per heavy atom. The van der Waals surface area contributed by atoms with Gasteiger partial charge in [0.05, 0.1) is 11.9 Å². The molecule has 0 aliphatic rings. The Morgan fingerprint density at radius 2 is 1.65 bits per heavy atom. The third-order valence-corrected chi connectivity index (χ3v) is 5.27. The molecule has 0 aromatic heterocycles. The second-order valence-electron chi connectivity index (χ2n) is 6.65. The maximum Gasteiger partial charge on any atom is 0.232 e. The molecule has 0 heterocycles. The summed E-state index contributed by atoms with van der Waals surface area (Å²) >= 11 is 0. The van der Waals surface area contributed by atoms with Gasteiger partial charge in [-0.2, -0.15) is 0 Å². The zero-order valence-corrected chi connectivity index (χ0v) is 16.6. The summed E-state index contributed by atoms with van der Waals surface area (Å²) < 4.78 is 25.8. The van der Waals surface area contributed by atoms with Crippen LogP contribution in [-0.2, 0) is 14.8 Å². The summed E-state index contributed by atoms with van der Waals surface area (Å²) in [6.45, 7) is 6.07. The number of sulfonamides is 1. The van der Waals surface area contributed by atoms with E-state index in [0.717, 1.165) is 22.4 Å². The smallest absolute Gasteiger partial charge is 0.232 e. The van der Waals surface area contributed by atoms with Crippen LogP contribution in [0.5, 0.6) is 0 Å². The van der Waals surface area contributed by atoms with Crippen LogP contribution < -0.4 is 9.62 Å². The number of aryl methyl sites for hydroxylation is 3. The highest BCUT2D eigenvalue weighted by molar-refractivity contribution is 7.92. The highest BCUT2D eigenvalue weighted by atomic mass is 32.2. The third kappa shape index (κ3) is 5.59. The minimum absolute atomic E-state index is 0.117. The molecular weight excluding hydrogens is 348 g/mol. The van der Waals surface area contributed by atoms with Gasteiger partial charge in [-0.15, -0.1) is 0 Å². The summed E-state index contributed by atoms with van der Waals surface area (Å²) in [5.74, 6) is -0.117. The third-order valence-electron chi connectivity index (χ3n) is 4.08. The Morgan fingerprint density at radius 1 is 1.04 bits per heavy atom. The van der Waals surface area contributed by atoms with Gasteiger partial charge in [-0.1, -0.05) is 24.3 Å². The number of hydrogen-bond acceptors (Lipinski definition) is 3. The van der Waals surface area contributed by atoms with Gasteiger partial charge in [0, 0.05) is 18.7 Å². The predicted octanol–water partition coefficient (Wildman–Crippen LogP) is 3.80. The maximum absolute atomic E-state index is 12.2. The lowest BCUT2D eigenvalue weighted by atomic mass is 10.1. The molecule has 0 saturated heterocycles. The highest BCUT2D eigenvalue weighted by Crippen LogP contribution is 2.22. The van der Waals surface area contributed by atoms with Crippen LogP contribution in [0, 0.1) is 20.8 Å². The van der Waals surface area contributed by atoms with Gasteiger partial charge in [0.2, 0.25) is 15.9 Å². The van der Waals surface area contributed by atoms with Crippen LogP contribution in [0.4, 0.5) is 11.4 Å². The van der Waals surface area contributed by atoms with E-state index >= 15 is 0 Å². The molecule has 0 atom stereocenters. The zero-order valence-electron chi connectivity index (χ0n) is 15.7. The molecule has 0 unspecified atom stereocenters. The fraction of sp³-hybridized carbons (Fsp3) is 0.350. The van der Waals surface area contributed by atoms with Crippen molar-refractivity contribution in [2.45, 2.75) is 33.6 Å². The number of carbonyl (C=O) groups is 1. The molecule has 0 radical (unpaired) electrons. The van der Waals surface area contributed by atoms with E-state index in [9.17, 15) is 13.2 Å². The van der Waals surface area contributed by atoms with Gasteiger partial charge in [0.15, 0.2) is 0 Å². The topological polar surface area (TPSA) is 66.5 Å². The molecule has 0 saturated carbocycles. The van der Waals surface area contributed by atoms with Gasteiger partial charge in [0.1, 0.15) is 0 Å². The predicted molar refractivity (Wildman–Crippen MR) is 107 cm³/mol. The zero-order chi connectivity index (χ0) is 19.3. The quantitative estimate of drug-likeness (QED) is 0.802. The van der Waals surface area contributed by atoms with E-state index in [2.05, 4.69) is 5.32 Å². The van der Waals surface area contributed by atoms with Gasteiger partial charge >= 0.3 is 0 Å². The number of para-hydroxylation sites is 1.